The standard InChI is InChI=1S/C40H27NO/c1-3-16-33-31(12-1)32-13-2-4-17-34(32)40(33)35-18-5-6-20-37(35)42-39-30(15-8-19-36(39)40)27-23-21-26(22-24-27)29-14-7-10-28-11-9-25-41-38(28)29/h1-25,31,33H. The molecule has 2 heterocycles. The average Bonchev–Trinajstić information content (AvgIpc) is 3.35. The third-order valence-corrected chi connectivity index (χ3v) is 9.48. The van der Waals surface area contributed by atoms with E-state index in [1.165, 1.54) is 22.3 Å². The van der Waals surface area contributed by atoms with Crippen molar-refractivity contribution in [3.63, 3.8) is 0 Å². The zero-order chi connectivity index (χ0) is 27.7. The second kappa shape index (κ2) is 8.89. The van der Waals surface area contributed by atoms with E-state index in [9.17, 15) is 0 Å². The van der Waals surface area contributed by atoms with Crippen molar-refractivity contribution in [2.45, 2.75) is 11.3 Å². The number of rotatable bonds is 2. The van der Waals surface area contributed by atoms with Crippen LogP contribution in [0.2, 0.25) is 0 Å². The molecule has 9 rings (SSSR count). The maximum atomic E-state index is 6.86. The van der Waals surface area contributed by atoms with Crippen LogP contribution in [0.5, 0.6) is 11.5 Å². The molecular weight excluding hydrogens is 510 g/mol. The van der Waals surface area contributed by atoms with Crippen molar-refractivity contribution in [2.75, 3.05) is 0 Å². The first-order valence-electron chi connectivity index (χ1n) is 14.6. The largest absolute Gasteiger partial charge is 0.456 e. The van der Waals surface area contributed by atoms with E-state index in [2.05, 4.69) is 145 Å². The van der Waals surface area contributed by atoms with Crippen LogP contribution < -0.4 is 4.74 Å². The highest BCUT2D eigenvalue weighted by atomic mass is 16.5. The third kappa shape index (κ3) is 3.12. The van der Waals surface area contributed by atoms with Gasteiger partial charge in [-0.1, -0.05) is 133 Å². The summed E-state index contributed by atoms with van der Waals surface area (Å²) in [5, 5.41) is 1.15. The smallest absolute Gasteiger partial charge is 0.139 e. The summed E-state index contributed by atoms with van der Waals surface area (Å²) in [6.45, 7) is 0. The maximum absolute atomic E-state index is 6.86. The lowest BCUT2D eigenvalue weighted by atomic mass is 9.61. The summed E-state index contributed by atoms with van der Waals surface area (Å²) in [6.07, 6.45) is 11.1. The Morgan fingerprint density at radius 2 is 1.26 bits per heavy atom. The van der Waals surface area contributed by atoms with Gasteiger partial charge in [0.25, 0.3) is 0 Å². The van der Waals surface area contributed by atoms with Crippen LogP contribution in [0.15, 0.2) is 152 Å². The predicted octanol–water partition coefficient (Wildman–Crippen LogP) is 9.85. The molecule has 2 nitrogen and oxygen atoms in total. The molecule has 1 spiro atoms. The van der Waals surface area contributed by atoms with Gasteiger partial charge in [0.1, 0.15) is 11.5 Å². The number of benzene rings is 5. The van der Waals surface area contributed by atoms with E-state index in [1.54, 1.807) is 0 Å². The van der Waals surface area contributed by atoms with Crippen LogP contribution in [-0.2, 0) is 5.41 Å². The monoisotopic (exact) mass is 537 g/mol. The summed E-state index contributed by atoms with van der Waals surface area (Å²) in [4.78, 5) is 4.68. The zero-order valence-corrected chi connectivity index (χ0v) is 22.9. The van der Waals surface area contributed by atoms with E-state index in [1.807, 2.05) is 12.3 Å². The summed E-state index contributed by atoms with van der Waals surface area (Å²) >= 11 is 0. The van der Waals surface area contributed by atoms with Crippen LogP contribution in [0.3, 0.4) is 0 Å². The van der Waals surface area contributed by atoms with Gasteiger partial charge < -0.3 is 4.74 Å². The predicted molar refractivity (Wildman–Crippen MR) is 170 cm³/mol. The number of allylic oxidation sites excluding steroid dienone is 4. The lowest BCUT2D eigenvalue weighted by Gasteiger charge is -2.43. The van der Waals surface area contributed by atoms with Gasteiger partial charge in [0, 0.05) is 45.7 Å². The third-order valence-electron chi connectivity index (χ3n) is 9.48. The molecule has 0 radical (unpaired) electrons. The van der Waals surface area contributed by atoms with E-state index in [-0.39, 0.29) is 11.3 Å². The number of aromatic nitrogens is 1. The van der Waals surface area contributed by atoms with Gasteiger partial charge >= 0.3 is 0 Å². The number of para-hydroxylation sites is 3. The highest BCUT2D eigenvalue weighted by molar-refractivity contribution is 5.94. The van der Waals surface area contributed by atoms with Crippen molar-refractivity contribution < 1.29 is 4.74 Å². The van der Waals surface area contributed by atoms with Crippen molar-refractivity contribution in [3.8, 4) is 33.8 Å². The maximum Gasteiger partial charge on any atom is 0.139 e. The Morgan fingerprint density at radius 3 is 2.17 bits per heavy atom. The molecule has 6 aromatic rings. The Hall–Kier alpha value is -5.21. The van der Waals surface area contributed by atoms with E-state index in [0.717, 1.165) is 44.7 Å². The Morgan fingerprint density at radius 1 is 0.571 bits per heavy atom. The Bertz CT molecular complexity index is 2080. The molecule has 1 aliphatic heterocycles. The van der Waals surface area contributed by atoms with Crippen LogP contribution >= 0.6 is 0 Å². The zero-order valence-electron chi connectivity index (χ0n) is 22.9. The minimum atomic E-state index is -0.336. The molecule has 2 heteroatoms. The summed E-state index contributed by atoms with van der Waals surface area (Å²) in [7, 11) is 0. The molecule has 0 amide bonds. The van der Waals surface area contributed by atoms with Gasteiger partial charge in [-0.15, -0.1) is 0 Å². The van der Waals surface area contributed by atoms with Crippen molar-refractivity contribution in [2.24, 2.45) is 5.92 Å². The molecule has 0 saturated carbocycles. The van der Waals surface area contributed by atoms with Crippen LogP contribution in [0.25, 0.3) is 33.2 Å². The second-order valence-corrected chi connectivity index (χ2v) is 11.5. The van der Waals surface area contributed by atoms with E-state index in [0.29, 0.717) is 5.92 Å². The van der Waals surface area contributed by atoms with E-state index < -0.39 is 0 Å². The number of nitrogens with zero attached hydrogens (tertiary/aromatic N) is 1. The number of hydrogen-bond donors (Lipinski definition) is 0. The summed E-state index contributed by atoms with van der Waals surface area (Å²) < 4.78 is 6.86. The molecular formula is C40H27NO. The fraction of sp³-hybridized carbons (Fsp3) is 0.0750. The molecule has 3 atom stereocenters. The first kappa shape index (κ1) is 23.5. The highest BCUT2D eigenvalue weighted by Gasteiger charge is 2.56. The topological polar surface area (TPSA) is 22.1 Å². The molecule has 0 bridgehead atoms. The lowest BCUT2D eigenvalue weighted by molar-refractivity contribution is 0.375. The van der Waals surface area contributed by atoms with Gasteiger partial charge in [-0.05, 0) is 34.4 Å². The van der Waals surface area contributed by atoms with Gasteiger partial charge in [-0.2, -0.15) is 0 Å². The molecule has 3 unspecified atom stereocenters. The Balaban J connectivity index is 1.25. The van der Waals surface area contributed by atoms with Gasteiger partial charge in [-0.3, -0.25) is 4.98 Å². The van der Waals surface area contributed by atoms with Crippen LogP contribution in [-0.4, -0.2) is 4.98 Å². The second-order valence-electron chi connectivity index (χ2n) is 11.5. The average molecular weight is 538 g/mol. The molecule has 5 aromatic carbocycles. The molecule has 198 valence electrons. The minimum absolute atomic E-state index is 0.264. The SMILES string of the molecule is C1=CC2c3ccccc3C3(c4ccccc4Oc4c(-c5ccc(-c6cccc7cccnc67)cc5)cccc43)C2C=C1. The normalized spacial score (nSPS) is 21.0. The van der Waals surface area contributed by atoms with Gasteiger partial charge in [-0.25, -0.2) is 0 Å². The Labute approximate surface area is 245 Å². The number of pyridine rings is 1. The van der Waals surface area contributed by atoms with Crippen LogP contribution in [0.1, 0.15) is 28.2 Å². The fourth-order valence-corrected chi connectivity index (χ4v) is 7.78. The Kier molecular flexibility index (Phi) is 4.97. The number of hydrogen-bond acceptors (Lipinski definition) is 2. The van der Waals surface area contributed by atoms with Gasteiger partial charge in [0.05, 0.1) is 10.9 Å². The van der Waals surface area contributed by atoms with Crippen LogP contribution in [0, 0.1) is 5.92 Å². The minimum Gasteiger partial charge on any atom is -0.456 e. The molecule has 2 aliphatic carbocycles. The van der Waals surface area contributed by atoms with E-state index in [4.69, 9.17) is 4.74 Å². The fourth-order valence-electron chi connectivity index (χ4n) is 7.78. The molecule has 3 aliphatic rings. The van der Waals surface area contributed by atoms with Crippen molar-refractivity contribution in [1.29, 1.82) is 0 Å². The van der Waals surface area contributed by atoms with E-state index >= 15 is 0 Å². The summed E-state index contributed by atoms with van der Waals surface area (Å²) in [5.41, 5.74) is 10.5. The van der Waals surface area contributed by atoms with Crippen molar-refractivity contribution in [3.05, 3.63) is 174 Å². The summed E-state index contributed by atoms with van der Waals surface area (Å²) in [5.74, 6) is 2.48. The number of ether oxygens (including phenoxy) is 1. The highest BCUT2D eigenvalue weighted by Crippen LogP contribution is 2.65. The molecule has 0 saturated heterocycles. The van der Waals surface area contributed by atoms with Gasteiger partial charge in [0.2, 0.25) is 0 Å². The number of fused-ring (bicyclic) bond motifs is 10. The molecule has 1 aromatic heterocycles. The van der Waals surface area contributed by atoms with Crippen LogP contribution in [0.4, 0.5) is 0 Å². The quantitative estimate of drug-likeness (QED) is 0.219. The molecule has 0 N–H and O–H groups in total. The summed E-state index contributed by atoms with van der Waals surface area (Å²) in [6, 6.07) is 43.7. The van der Waals surface area contributed by atoms with Crippen molar-refractivity contribution in [1.82, 2.24) is 4.98 Å². The molecule has 0 fully saturated rings. The first-order valence-corrected chi connectivity index (χ1v) is 14.6. The first-order chi connectivity index (χ1) is 20.8. The van der Waals surface area contributed by atoms with Gasteiger partial charge in [0.15, 0.2) is 0 Å². The van der Waals surface area contributed by atoms with Crippen molar-refractivity contribution >= 4 is 10.9 Å². The lowest BCUT2D eigenvalue weighted by Crippen LogP contribution is -2.37. The molecule has 42 heavy (non-hydrogen) atoms.